The predicted molar refractivity (Wildman–Crippen MR) is 93.5 cm³/mol. The highest BCUT2D eigenvalue weighted by atomic mass is 16.6. The van der Waals surface area contributed by atoms with Gasteiger partial charge in [0.25, 0.3) is 11.4 Å². The molecule has 0 aliphatic rings. The molecule has 0 saturated heterocycles. The molecule has 0 atom stereocenters. The maximum absolute atomic E-state index is 11.0. The maximum Gasteiger partial charge on any atom is 0.576 e. The third-order valence-corrected chi connectivity index (χ3v) is 3.81. The molecule has 0 aliphatic carbocycles. The molecule has 0 radical (unpaired) electrons. The number of aryl methyl sites for hydroxylation is 4. The van der Waals surface area contributed by atoms with Crippen molar-refractivity contribution in [3.05, 3.63) is 66.7 Å². The van der Waals surface area contributed by atoms with Gasteiger partial charge in [-0.1, -0.05) is 0 Å². The Kier molecular flexibility index (Phi) is 5.26. The molecule has 2 aromatic rings. The van der Waals surface area contributed by atoms with Gasteiger partial charge in [-0.25, -0.2) is 0 Å². The number of rotatable bonds is 6. The minimum Gasteiger partial charge on any atom is -0.528 e. The van der Waals surface area contributed by atoms with Gasteiger partial charge in [-0.2, -0.15) is 0 Å². The van der Waals surface area contributed by atoms with E-state index in [9.17, 15) is 20.2 Å². The van der Waals surface area contributed by atoms with E-state index in [0.717, 1.165) is 11.1 Å². The molecule has 2 rings (SSSR count). The van der Waals surface area contributed by atoms with Gasteiger partial charge in [-0.15, -0.1) is 0 Å². The summed E-state index contributed by atoms with van der Waals surface area (Å²) in [7, 11) is -0.220. The van der Waals surface area contributed by atoms with E-state index < -0.39 is 9.85 Å². The van der Waals surface area contributed by atoms with Gasteiger partial charge >= 0.3 is 7.69 Å². The summed E-state index contributed by atoms with van der Waals surface area (Å²) in [6.07, 6.45) is 0. The third kappa shape index (κ3) is 4.06. The normalized spacial score (nSPS) is 10.2. The first-order chi connectivity index (χ1) is 11.7. The Hall–Kier alpha value is -3.10. The summed E-state index contributed by atoms with van der Waals surface area (Å²) in [6, 6.07) is 6.02. The molecule has 0 aliphatic heterocycles. The van der Waals surface area contributed by atoms with Gasteiger partial charge in [-0.3, -0.25) is 20.2 Å². The first-order valence-electron chi connectivity index (χ1n) is 7.47. The Morgan fingerprint density at radius 2 is 1.08 bits per heavy atom. The van der Waals surface area contributed by atoms with Crippen LogP contribution in [0.1, 0.15) is 22.3 Å². The van der Waals surface area contributed by atoms with Crippen LogP contribution in [0.2, 0.25) is 0 Å². The number of hydrogen-bond acceptors (Lipinski definition) is 6. The smallest absolute Gasteiger partial charge is 0.528 e. The Morgan fingerprint density at radius 3 is 1.40 bits per heavy atom. The average Bonchev–Trinajstić information content (AvgIpc) is 2.50. The lowest BCUT2D eigenvalue weighted by Gasteiger charge is -2.12. The highest BCUT2D eigenvalue weighted by Crippen LogP contribution is 2.30. The van der Waals surface area contributed by atoms with E-state index in [1.54, 1.807) is 39.8 Å². The first kappa shape index (κ1) is 18.2. The zero-order valence-electron chi connectivity index (χ0n) is 14.4. The SMILES string of the molecule is Cc1cc(C)c([N+](=O)[O-])cc1OBOc1cc([N+](=O)[O-])c(C)cc1C. The van der Waals surface area contributed by atoms with Crippen molar-refractivity contribution >= 4 is 19.1 Å². The zero-order valence-corrected chi connectivity index (χ0v) is 14.4. The van der Waals surface area contributed by atoms with Crippen molar-refractivity contribution in [2.24, 2.45) is 0 Å². The minimum atomic E-state index is -0.476. The van der Waals surface area contributed by atoms with Gasteiger partial charge in [0.1, 0.15) is 11.5 Å². The lowest BCUT2D eigenvalue weighted by molar-refractivity contribution is -0.385. The van der Waals surface area contributed by atoms with Crippen molar-refractivity contribution in [2.45, 2.75) is 27.7 Å². The Labute approximate surface area is 145 Å². The fraction of sp³-hybridized carbons (Fsp3) is 0.250. The quantitative estimate of drug-likeness (QED) is 0.451. The molecule has 0 bridgehead atoms. The summed E-state index contributed by atoms with van der Waals surface area (Å²) < 4.78 is 11.0. The zero-order chi connectivity index (χ0) is 18.7. The second kappa shape index (κ2) is 7.21. The summed E-state index contributed by atoms with van der Waals surface area (Å²) in [4.78, 5) is 21.1. The molecule has 0 aromatic heterocycles. The lowest BCUT2D eigenvalue weighted by Crippen LogP contribution is -2.13. The van der Waals surface area contributed by atoms with Gasteiger partial charge in [0.15, 0.2) is 0 Å². The largest absolute Gasteiger partial charge is 0.576 e. The molecule has 9 heteroatoms. The molecule has 0 spiro atoms. The van der Waals surface area contributed by atoms with Crippen molar-refractivity contribution in [3.8, 4) is 11.5 Å². The second-order valence-corrected chi connectivity index (χ2v) is 5.73. The molecule has 2 aromatic carbocycles. The number of nitro groups is 2. The van der Waals surface area contributed by atoms with E-state index in [4.69, 9.17) is 9.31 Å². The van der Waals surface area contributed by atoms with Crippen LogP contribution in [-0.2, 0) is 0 Å². The Balaban J connectivity index is 2.16. The molecule has 0 saturated carbocycles. The summed E-state index contributed by atoms with van der Waals surface area (Å²) in [5.74, 6) is 0.660. The lowest BCUT2D eigenvalue weighted by atomic mass is 10.1. The number of nitro benzene ring substituents is 2. The summed E-state index contributed by atoms with van der Waals surface area (Å²) in [5.41, 5.74) is 2.48. The summed E-state index contributed by atoms with van der Waals surface area (Å²) in [5, 5.41) is 22.0. The molecule has 0 unspecified atom stereocenters. The highest BCUT2D eigenvalue weighted by molar-refractivity contribution is 6.20. The van der Waals surface area contributed by atoms with Crippen LogP contribution in [0.25, 0.3) is 0 Å². The van der Waals surface area contributed by atoms with Crippen molar-refractivity contribution in [2.75, 3.05) is 0 Å². The van der Waals surface area contributed by atoms with Gasteiger partial charge in [-0.05, 0) is 51.0 Å². The van der Waals surface area contributed by atoms with Crippen LogP contribution < -0.4 is 9.31 Å². The third-order valence-electron chi connectivity index (χ3n) is 3.81. The van der Waals surface area contributed by atoms with Crippen LogP contribution in [0, 0.1) is 47.9 Å². The topological polar surface area (TPSA) is 105 Å². The van der Waals surface area contributed by atoms with Gasteiger partial charge in [0, 0.05) is 11.1 Å². The van der Waals surface area contributed by atoms with Crippen LogP contribution in [0.5, 0.6) is 11.5 Å². The van der Waals surface area contributed by atoms with E-state index in [0.29, 0.717) is 22.6 Å². The van der Waals surface area contributed by atoms with Crippen LogP contribution in [0.3, 0.4) is 0 Å². The molecular formula is C16H17BN2O6. The molecule has 0 N–H and O–H groups in total. The molecule has 0 amide bonds. The monoisotopic (exact) mass is 344 g/mol. The van der Waals surface area contributed by atoms with E-state index in [1.165, 1.54) is 12.1 Å². The Morgan fingerprint density at radius 1 is 0.720 bits per heavy atom. The standard InChI is InChI=1S/C16H17BN2O6/c1-9-5-11(3)15(7-13(9)18(20)21)24-17-25-16-8-14(19(22)23)10(2)6-12(16)4/h5-8,17H,1-4H3. The van der Waals surface area contributed by atoms with E-state index in [1.807, 2.05) is 0 Å². The molecule has 130 valence electrons. The fourth-order valence-corrected chi connectivity index (χ4v) is 2.50. The van der Waals surface area contributed by atoms with Gasteiger partial charge < -0.3 is 9.31 Å². The van der Waals surface area contributed by atoms with Crippen molar-refractivity contribution in [1.82, 2.24) is 0 Å². The molecular weight excluding hydrogens is 327 g/mol. The molecule has 8 nitrogen and oxygen atoms in total. The van der Waals surface area contributed by atoms with Crippen molar-refractivity contribution in [3.63, 3.8) is 0 Å². The summed E-state index contributed by atoms with van der Waals surface area (Å²) >= 11 is 0. The van der Waals surface area contributed by atoms with Crippen LogP contribution in [0.15, 0.2) is 24.3 Å². The van der Waals surface area contributed by atoms with Crippen LogP contribution >= 0.6 is 0 Å². The first-order valence-corrected chi connectivity index (χ1v) is 7.47. The van der Waals surface area contributed by atoms with Crippen molar-refractivity contribution in [1.29, 1.82) is 0 Å². The van der Waals surface area contributed by atoms with Crippen LogP contribution in [-0.4, -0.2) is 17.5 Å². The summed E-state index contributed by atoms with van der Waals surface area (Å²) in [6.45, 7) is 6.85. The average molecular weight is 344 g/mol. The number of benzene rings is 2. The van der Waals surface area contributed by atoms with Gasteiger partial charge in [0.2, 0.25) is 0 Å². The van der Waals surface area contributed by atoms with Crippen LogP contribution in [0.4, 0.5) is 11.4 Å². The van der Waals surface area contributed by atoms with Gasteiger partial charge in [0.05, 0.1) is 22.0 Å². The molecule has 0 heterocycles. The van der Waals surface area contributed by atoms with Crippen molar-refractivity contribution < 1.29 is 19.2 Å². The number of hydrogen-bond donors (Lipinski definition) is 0. The predicted octanol–water partition coefficient (Wildman–Crippen LogP) is 3.46. The molecule has 25 heavy (non-hydrogen) atoms. The van der Waals surface area contributed by atoms with E-state index in [2.05, 4.69) is 0 Å². The van der Waals surface area contributed by atoms with E-state index >= 15 is 0 Å². The number of nitrogens with zero attached hydrogens (tertiary/aromatic N) is 2. The fourth-order valence-electron chi connectivity index (χ4n) is 2.50. The second-order valence-electron chi connectivity index (χ2n) is 5.73. The van der Waals surface area contributed by atoms with E-state index in [-0.39, 0.29) is 19.1 Å². The Bertz CT molecular complexity index is 784. The molecule has 0 fully saturated rings. The minimum absolute atomic E-state index is 0.0391. The highest BCUT2D eigenvalue weighted by Gasteiger charge is 2.17. The maximum atomic E-state index is 11.0.